The number of aryl methyl sites for hydroxylation is 1. The maximum atomic E-state index is 9.27. The van der Waals surface area contributed by atoms with Gasteiger partial charge in [0.1, 0.15) is 5.75 Å². The maximum absolute atomic E-state index is 9.27. The lowest BCUT2D eigenvalue weighted by Gasteiger charge is -2.24. The third kappa shape index (κ3) is 7.76. The largest absolute Gasteiger partial charge is 0.494 e. The highest BCUT2D eigenvalue weighted by atomic mass is 28.3. The standard InChI is InChI=1S/C23H35NO3Si/c1-28(2,17-21-7-4-3-5-8-21)16-6-15-27-22-11-9-20(10-12-22)13-14-23(24,18-25)19-26/h3-5,7-12,25-26H,6,13-19,24H2,1-2H3. The first-order valence-corrected chi connectivity index (χ1v) is 13.5. The first-order valence-electron chi connectivity index (χ1n) is 10.1. The van der Waals surface area contributed by atoms with Crippen LogP contribution in [0.25, 0.3) is 0 Å². The topological polar surface area (TPSA) is 75.7 Å². The summed E-state index contributed by atoms with van der Waals surface area (Å²) in [6.07, 6.45) is 2.34. The molecule has 0 aliphatic heterocycles. The number of rotatable bonds is 12. The van der Waals surface area contributed by atoms with Crippen molar-refractivity contribution in [3.8, 4) is 5.75 Å². The quantitative estimate of drug-likeness (QED) is 0.375. The lowest BCUT2D eigenvalue weighted by atomic mass is 9.94. The molecular formula is C23H35NO3Si. The zero-order valence-electron chi connectivity index (χ0n) is 17.2. The minimum absolute atomic E-state index is 0.214. The van der Waals surface area contributed by atoms with Crippen molar-refractivity contribution in [2.45, 2.75) is 50.0 Å². The van der Waals surface area contributed by atoms with Gasteiger partial charge in [0.15, 0.2) is 0 Å². The van der Waals surface area contributed by atoms with Gasteiger partial charge in [-0.25, -0.2) is 0 Å². The molecule has 0 spiro atoms. The normalized spacial score (nSPS) is 12.2. The number of aliphatic hydroxyl groups is 2. The van der Waals surface area contributed by atoms with Gasteiger partial charge in [-0.2, -0.15) is 0 Å². The second kappa shape index (κ2) is 10.8. The molecule has 0 aromatic heterocycles. The fraction of sp³-hybridized carbons (Fsp3) is 0.478. The number of ether oxygens (including phenoxy) is 1. The van der Waals surface area contributed by atoms with Gasteiger partial charge in [-0.1, -0.05) is 67.2 Å². The highest BCUT2D eigenvalue weighted by Gasteiger charge is 2.22. The van der Waals surface area contributed by atoms with Crippen LogP contribution >= 0.6 is 0 Å². The number of hydrogen-bond acceptors (Lipinski definition) is 4. The molecule has 0 amide bonds. The Labute approximate surface area is 170 Å². The summed E-state index contributed by atoms with van der Waals surface area (Å²) in [7, 11) is -1.26. The average Bonchev–Trinajstić information content (AvgIpc) is 2.71. The summed E-state index contributed by atoms with van der Waals surface area (Å²) < 4.78 is 5.91. The Morgan fingerprint density at radius 3 is 2.18 bits per heavy atom. The van der Waals surface area contributed by atoms with Crippen molar-refractivity contribution in [2.75, 3.05) is 19.8 Å². The summed E-state index contributed by atoms with van der Waals surface area (Å²) in [6, 6.07) is 21.2. The van der Waals surface area contributed by atoms with E-state index in [2.05, 4.69) is 43.4 Å². The first kappa shape index (κ1) is 22.6. The van der Waals surface area contributed by atoms with Crippen molar-refractivity contribution < 1.29 is 14.9 Å². The molecule has 154 valence electrons. The molecule has 0 bridgehead atoms. The Morgan fingerprint density at radius 2 is 1.57 bits per heavy atom. The molecule has 0 radical (unpaired) electrons. The van der Waals surface area contributed by atoms with Crippen molar-refractivity contribution in [3.05, 3.63) is 65.7 Å². The molecule has 4 N–H and O–H groups in total. The number of hydrogen-bond donors (Lipinski definition) is 3. The SMILES string of the molecule is C[Si](C)(CCCOc1ccc(CCC(N)(CO)CO)cc1)Cc1ccccc1. The van der Waals surface area contributed by atoms with Gasteiger partial charge in [0.2, 0.25) is 0 Å². The third-order valence-corrected chi connectivity index (χ3v) is 8.33. The molecule has 28 heavy (non-hydrogen) atoms. The van der Waals surface area contributed by atoms with Gasteiger partial charge in [0, 0.05) is 0 Å². The predicted molar refractivity (Wildman–Crippen MR) is 118 cm³/mol. The monoisotopic (exact) mass is 401 g/mol. The van der Waals surface area contributed by atoms with Crippen LogP contribution in [0.3, 0.4) is 0 Å². The Kier molecular flexibility index (Phi) is 8.70. The second-order valence-electron chi connectivity index (χ2n) is 8.60. The van der Waals surface area contributed by atoms with E-state index >= 15 is 0 Å². The van der Waals surface area contributed by atoms with Crippen LogP contribution in [0.15, 0.2) is 54.6 Å². The zero-order valence-corrected chi connectivity index (χ0v) is 18.2. The molecule has 2 rings (SSSR count). The van der Waals surface area contributed by atoms with Gasteiger partial charge in [-0.05, 0) is 43.0 Å². The van der Waals surface area contributed by atoms with Crippen LogP contribution in [0, 0.1) is 0 Å². The van der Waals surface area contributed by atoms with Crippen LogP contribution in [0.2, 0.25) is 19.1 Å². The van der Waals surface area contributed by atoms with E-state index in [1.807, 2.05) is 24.3 Å². The smallest absolute Gasteiger partial charge is 0.119 e. The van der Waals surface area contributed by atoms with Crippen LogP contribution in [0.1, 0.15) is 24.0 Å². The van der Waals surface area contributed by atoms with E-state index in [4.69, 9.17) is 10.5 Å². The Morgan fingerprint density at radius 1 is 0.929 bits per heavy atom. The van der Waals surface area contributed by atoms with E-state index in [1.165, 1.54) is 17.7 Å². The Balaban J connectivity index is 1.71. The molecule has 0 saturated carbocycles. The van der Waals surface area contributed by atoms with Crippen molar-refractivity contribution in [1.82, 2.24) is 0 Å². The zero-order chi connectivity index (χ0) is 20.5. The van der Waals surface area contributed by atoms with E-state index in [0.29, 0.717) is 6.42 Å². The van der Waals surface area contributed by atoms with Crippen LogP contribution in [0.4, 0.5) is 0 Å². The van der Waals surface area contributed by atoms with E-state index in [1.54, 1.807) is 0 Å². The van der Waals surface area contributed by atoms with Gasteiger partial charge in [-0.3, -0.25) is 0 Å². The fourth-order valence-corrected chi connectivity index (χ4v) is 5.95. The lowest BCUT2D eigenvalue weighted by Crippen LogP contribution is -2.47. The van der Waals surface area contributed by atoms with Gasteiger partial charge in [0.25, 0.3) is 0 Å². The summed E-state index contributed by atoms with van der Waals surface area (Å²) in [5.74, 6) is 0.884. The number of benzene rings is 2. The molecule has 0 atom stereocenters. The third-order valence-electron chi connectivity index (χ3n) is 5.26. The molecule has 0 unspecified atom stereocenters. The summed E-state index contributed by atoms with van der Waals surface area (Å²) >= 11 is 0. The number of nitrogens with two attached hydrogens (primary N) is 1. The minimum atomic E-state index is -1.26. The van der Waals surface area contributed by atoms with Gasteiger partial charge in [-0.15, -0.1) is 0 Å². The van der Waals surface area contributed by atoms with Crippen molar-refractivity contribution in [3.63, 3.8) is 0 Å². The summed E-state index contributed by atoms with van der Waals surface area (Å²) in [6.45, 7) is 5.21. The first-order chi connectivity index (χ1) is 13.4. The predicted octanol–water partition coefficient (Wildman–Crippen LogP) is 3.56. The van der Waals surface area contributed by atoms with Crippen molar-refractivity contribution in [1.29, 1.82) is 0 Å². The summed E-state index contributed by atoms with van der Waals surface area (Å²) in [5, 5.41) is 18.5. The van der Waals surface area contributed by atoms with E-state index in [-0.39, 0.29) is 13.2 Å². The molecule has 0 aliphatic rings. The molecule has 0 heterocycles. The van der Waals surface area contributed by atoms with E-state index in [0.717, 1.165) is 30.8 Å². The van der Waals surface area contributed by atoms with E-state index < -0.39 is 13.6 Å². The summed E-state index contributed by atoms with van der Waals surface area (Å²) in [4.78, 5) is 0. The average molecular weight is 402 g/mol. The minimum Gasteiger partial charge on any atom is -0.494 e. The van der Waals surface area contributed by atoms with Crippen LogP contribution in [-0.2, 0) is 12.5 Å². The van der Waals surface area contributed by atoms with Crippen molar-refractivity contribution >= 4 is 8.07 Å². The molecular weight excluding hydrogens is 366 g/mol. The molecule has 4 nitrogen and oxygen atoms in total. The molecule has 2 aromatic rings. The van der Waals surface area contributed by atoms with Gasteiger partial charge >= 0.3 is 0 Å². The molecule has 0 saturated heterocycles. The molecule has 0 aliphatic carbocycles. The summed E-state index contributed by atoms with van der Waals surface area (Å²) in [5.41, 5.74) is 7.58. The fourth-order valence-electron chi connectivity index (χ4n) is 3.33. The maximum Gasteiger partial charge on any atom is 0.119 e. The van der Waals surface area contributed by atoms with Crippen LogP contribution in [0.5, 0.6) is 5.75 Å². The van der Waals surface area contributed by atoms with Gasteiger partial charge in [0.05, 0.1) is 33.4 Å². The van der Waals surface area contributed by atoms with Crippen LogP contribution in [-0.4, -0.2) is 43.6 Å². The Hall–Kier alpha value is -1.66. The van der Waals surface area contributed by atoms with Crippen molar-refractivity contribution in [2.24, 2.45) is 5.73 Å². The molecule has 0 fully saturated rings. The highest BCUT2D eigenvalue weighted by molar-refractivity contribution is 6.76. The second-order valence-corrected chi connectivity index (χ2v) is 13.8. The number of aliphatic hydroxyl groups excluding tert-OH is 2. The van der Waals surface area contributed by atoms with Gasteiger partial charge < -0.3 is 20.7 Å². The van der Waals surface area contributed by atoms with E-state index in [9.17, 15) is 10.2 Å². The molecule has 2 aromatic carbocycles. The molecule has 5 heteroatoms. The lowest BCUT2D eigenvalue weighted by molar-refractivity contribution is 0.115. The highest BCUT2D eigenvalue weighted by Crippen LogP contribution is 2.20. The van der Waals surface area contributed by atoms with Crippen LogP contribution < -0.4 is 10.5 Å². The Bertz CT molecular complexity index is 685.